The van der Waals surface area contributed by atoms with Gasteiger partial charge in [0.15, 0.2) is 4.77 Å². The Bertz CT molecular complexity index is 550. The van der Waals surface area contributed by atoms with Gasteiger partial charge in [0.05, 0.1) is 6.54 Å². The Kier molecular flexibility index (Phi) is 2.76. The van der Waals surface area contributed by atoms with Gasteiger partial charge in [0.25, 0.3) is 0 Å². The van der Waals surface area contributed by atoms with Crippen molar-refractivity contribution >= 4 is 29.5 Å². The van der Waals surface area contributed by atoms with E-state index in [-0.39, 0.29) is 0 Å². The van der Waals surface area contributed by atoms with E-state index in [0.717, 1.165) is 12.5 Å². The summed E-state index contributed by atoms with van der Waals surface area (Å²) in [6.07, 6.45) is 2.51. The lowest BCUT2D eigenvalue weighted by Gasteiger charge is -2.21. The first-order chi connectivity index (χ1) is 8.25. The van der Waals surface area contributed by atoms with Gasteiger partial charge in [-0.1, -0.05) is 6.07 Å². The van der Waals surface area contributed by atoms with Crippen LogP contribution in [0.2, 0.25) is 0 Å². The molecule has 2 heterocycles. The zero-order valence-corrected chi connectivity index (χ0v) is 11.2. The summed E-state index contributed by atoms with van der Waals surface area (Å²) in [5.41, 5.74) is 0. The maximum Gasteiger partial charge on any atom is 0.226 e. The zero-order valence-electron chi connectivity index (χ0n) is 9.59. The molecule has 0 unspecified atom stereocenters. The van der Waals surface area contributed by atoms with E-state index in [0.29, 0.717) is 10.8 Å². The molecule has 1 aliphatic rings. The third-order valence-electron chi connectivity index (χ3n) is 3.01. The van der Waals surface area contributed by atoms with E-state index < -0.39 is 0 Å². The molecule has 90 valence electrons. The minimum Gasteiger partial charge on any atom is -0.333 e. The Hall–Kier alpha value is -1.14. The molecular formula is C11H14N4S2. The molecule has 1 aliphatic carbocycles. The van der Waals surface area contributed by atoms with Crippen molar-refractivity contribution in [2.24, 2.45) is 7.05 Å². The van der Waals surface area contributed by atoms with Crippen molar-refractivity contribution in [1.29, 1.82) is 0 Å². The standard InChI is InChI=1S/C11H14N4S2/c1-14-10(12-13-11(14)16)15(8-4-5-8)7-9-3-2-6-17-9/h2-3,6,8H,4-5,7H2,1H3,(H,13,16). The van der Waals surface area contributed by atoms with Crippen LogP contribution < -0.4 is 4.90 Å². The molecule has 0 aromatic carbocycles. The first-order valence-electron chi connectivity index (χ1n) is 5.66. The van der Waals surface area contributed by atoms with Crippen molar-refractivity contribution in [2.45, 2.75) is 25.4 Å². The molecular weight excluding hydrogens is 252 g/mol. The number of anilines is 1. The van der Waals surface area contributed by atoms with Gasteiger partial charge in [-0.05, 0) is 36.5 Å². The molecule has 6 heteroatoms. The number of hydrogen-bond donors (Lipinski definition) is 1. The van der Waals surface area contributed by atoms with E-state index in [1.54, 1.807) is 11.3 Å². The van der Waals surface area contributed by atoms with Crippen molar-refractivity contribution < 1.29 is 0 Å². The van der Waals surface area contributed by atoms with E-state index in [9.17, 15) is 0 Å². The molecule has 0 radical (unpaired) electrons. The largest absolute Gasteiger partial charge is 0.333 e. The normalized spacial score (nSPS) is 15.1. The van der Waals surface area contributed by atoms with Gasteiger partial charge in [0.2, 0.25) is 5.95 Å². The molecule has 0 atom stereocenters. The van der Waals surface area contributed by atoms with Crippen molar-refractivity contribution in [3.8, 4) is 0 Å². The number of thiophene rings is 1. The van der Waals surface area contributed by atoms with Gasteiger partial charge in [0, 0.05) is 18.0 Å². The van der Waals surface area contributed by atoms with E-state index in [1.807, 2.05) is 11.6 Å². The van der Waals surface area contributed by atoms with Gasteiger partial charge in [-0.15, -0.1) is 16.4 Å². The Balaban J connectivity index is 1.90. The number of aromatic amines is 1. The number of nitrogens with zero attached hydrogens (tertiary/aromatic N) is 3. The fourth-order valence-electron chi connectivity index (χ4n) is 1.92. The molecule has 1 N–H and O–H groups in total. The summed E-state index contributed by atoms with van der Waals surface area (Å²) in [4.78, 5) is 3.71. The Labute approximate surface area is 109 Å². The molecule has 0 aliphatic heterocycles. The van der Waals surface area contributed by atoms with Gasteiger partial charge in [-0.2, -0.15) is 0 Å². The topological polar surface area (TPSA) is 36.9 Å². The average Bonchev–Trinajstić information content (AvgIpc) is 2.95. The fourth-order valence-corrected chi connectivity index (χ4v) is 2.75. The van der Waals surface area contributed by atoms with Crippen LogP contribution in [0, 0.1) is 4.77 Å². The average molecular weight is 266 g/mol. The molecule has 1 saturated carbocycles. The molecule has 3 rings (SSSR count). The maximum atomic E-state index is 5.17. The van der Waals surface area contributed by atoms with E-state index in [1.165, 1.54) is 17.7 Å². The maximum absolute atomic E-state index is 5.17. The quantitative estimate of drug-likeness (QED) is 0.865. The predicted octanol–water partition coefficient (Wildman–Crippen LogP) is 2.71. The van der Waals surface area contributed by atoms with E-state index in [2.05, 4.69) is 32.6 Å². The number of hydrogen-bond acceptors (Lipinski definition) is 4. The van der Waals surface area contributed by atoms with Crippen LogP contribution in [0.4, 0.5) is 5.95 Å². The summed E-state index contributed by atoms with van der Waals surface area (Å²) in [6.45, 7) is 0.926. The number of H-pyrrole nitrogens is 1. The minimum atomic E-state index is 0.626. The van der Waals surface area contributed by atoms with Crippen LogP contribution in [0.25, 0.3) is 0 Å². The fraction of sp³-hybridized carbons (Fsp3) is 0.455. The minimum absolute atomic E-state index is 0.626. The lowest BCUT2D eigenvalue weighted by Crippen LogP contribution is -2.27. The molecule has 4 nitrogen and oxygen atoms in total. The Morgan fingerprint density at radius 3 is 3.00 bits per heavy atom. The first-order valence-corrected chi connectivity index (χ1v) is 6.95. The predicted molar refractivity (Wildman–Crippen MR) is 71.9 cm³/mol. The molecule has 1 fully saturated rings. The second-order valence-corrected chi connectivity index (χ2v) is 5.75. The molecule has 0 saturated heterocycles. The highest BCUT2D eigenvalue weighted by atomic mass is 32.1. The molecule has 17 heavy (non-hydrogen) atoms. The zero-order chi connectivity index (χ0) is 11.8. The second-order valence-electron chi connectivity index (χ2n) is 4.33. The van der Waals surface area contributed by atoms with Crippen LogP contribution in [0.5, 0.6) is 0 Å². The van der Waals surface area contributed by atoms with Crippen LogP contribution in [-0.4, -0.2) is 20.8 Å². The monoisotopic (exact) mass is 266 g/mol. The van der Waals surface area contributed by atoms with Gasteiger partial charge in [-0.25, -0.2) is 5.10 Å². The van der Waals surface area contributed by atoms with Gasteiger partial charge < -0.3 is 4.90 Å². The van der Waals surface area contributed by atoms with Gasteiger partial charge in [0.1, 0.15) is 0 Å². The summed E-state index contributed by atoms with van der Waals surface area (Å²) >= 11 is 6.96. The third kappa shape index (κ3) is 2.14. The van der Waals surface area contributed by atoms with Crippen LogP contribution in [0.1, 0.15) is 17.7 Å². The lowest BCUT2D eigenvalue weighted by molar-refractivity contribution is 0.730. The van der Waals surface area contributed by atoms with E-state index in [4.69, 9.17) is 12.2 Å². The van der Waals surface area contributed by atoms with Crippen molar-refractivity contribution in [3.63, 3.8) is 0 Å². The first kappa shape index (κ1) is 11.0. The van der Waals surface area contributed by atoms with Crippen LogP contribution in [-0.2, 0) is 13.6 Å². The SMILES string of the molecule is Cn1c(N(Cc2cccs2)C2CC2)n[nH]c1=S. The highest BCUT2D eigenvalue weighted by Crippen LogP contribution is 2.32. The van der Waals surface area contributed by atoms with Crippen LogP contribution in [0.3, 0.4) is 0 Å². The lowest BCUT2D eigenvalue weighted by atomic mass is 10.4. The summed E-state index contributed by atoms with van der Waals surface area (Å²) in [5.74, 6) is 0.950. The van der Waals surface area contributed by atoms with E-state index >= 15 is 0 Å². The highest BCUT2D eigenvalue weighted by molar-refractivity contribution is 7.71. The molecule has 2 aromatic rings. The Morgan fingerprint density at radius 2 is 2.47 bits per heavy atom. The second kappa shape index (κ2) is 4.27. The van der Waals surface area contributed by atoms with Crippen LogP contribution in [0.15, 0.2) is 17.5 Å². The van der Waals surface area contributed by atoms with Crippen molar-refractivity contribution in [2.75, 3.05) is 4.90 Å². The smallest absolute Gasteiger partial charge is 0.226 e. The number of rotatable bonds is 4. The van der Waals surface area contributed by atoms with Crippen LogP contribution >= 0.6 is 23.6 Å². The highest BCUT2D eigenvalue weighted by Gasteiger charge is 2.31. The Morgan fingerprint density at radius 1 is 1.65 bits per heavy atom. The van der Waals surface area contributed by atoms with Gasteiger partial charge >= 0.3 is 0 Å². The third-order valence-corrected chi connectivity index (χ3v) is 4.23. The molecule has 0 bridgehead atoms. The van der Waals surface area contributed by atoms with Crippen molar-refractivity contribution in [1.82, 2.24) is 14.8 Å². The summed E-state index contributed by atoms with van der Waals surface area (Å²) in [5, 5.41) is 9.31. The number of aromatic nitrogens is 3. The van der Waals surface area contributed by atoms with Crippen molar-refractivity contribution in [3.05, 3.63) is 27.2 Å². The number of nitrogens with one attached hydrogen (secondary N) is 1. The summed E-state index contributed by atoms with van der Waals surface area (Å²) < 4.78 is 2.62. The van der Waals surface area contributed by atoms with Gasteiger partial charge in [-0.3, -0.25) is 4.57 Å². The summed E-state index contributed by atoms with van der Waals surface area (Å²) in [7, 11) is 1.96. The molecule has 0 spiro atoms. The summed E-state index contributed by atoms with van der Waals surface area (Å²) in [6, 6.07) is 4.89. The molecule has 0 amide bonds. The molecule has 2 aromatic heterocycles.